The zero-order valence-electron chi connectivity index (χ0n) is 21.7. The smallest absolute Gasteiger partial charge is 0.311 e. The lowest BCUT2D eigenvalue weighted by Gasteiger charge is -2.37. The predicted molar refractivity (Wildman–Crippen MR) is 144 cm³/mol. The minimum atomic E-state index is -1.79. The van der Waals surface area contributed by atoms with Gasteiger partial charge in [-0.1, -0.05) is 62.2 Å². The van der Waals surface area contributed by atoms with Crippen LogP contribution >= 0.6 is 23.2 Å². The Morgan fingerprint density at radius 2 is 1.95 bits per heavy atom. The molecule has 1 amide bonds. The van der Waals surface area contributed by atoms with Crippen molar-refractivity contribution in [3.8, 4) is 6.07 Å². The average molecular weight is 591 g/mol. The molecule has 0 aliphatic carbocycles. The first kappa shape index (κ1) is 29.4. The number of carbonyl (C=O) groups excluding carboxylic acids is 1. The molecule has 40 heavy (non-hydrogen) atoms. The van der Waals surface area contributed by atoms with Gasteiger partial charge >= 0.3 is 5.97 Å². The van der Waals surface area contributed by atoms with E-state index in [1.165, 1.54) is 30.3 Å². The molecule has 1 saturated heterocycles. The predicted octanol–water partition coefficient (Wildman–Crippen LogP) is 4.98. The summed E-state index contributed by atoms with van der Waals surface area (Å²) in [5, 5.41) is 31.7. The third-order valence-corrected chi connectivity index (χ3v) is 7.34. The molecule has 3 aromatic rings. The van der Waals surface area contributed by atoms with Crippen molar-refractivity contribution >= 4 is 41.0 Å². The first-order valence-corrected chi connectivity index (χ1v) is 13.0. The molecule has 2 aromatic carbocycles. The van der Waals surface area contributed by atoms with Crippen molar-refractivity contribution in [1.29, 1.82) is 5.26 Å². The van der Waals surface area contributed by atoms with Gasteiger partial charge in [0.05, 0.1) is 17.1 Å². The third-order valence-electron chi connectivity index (χ3n) is 6.82. The van der Waals surface area contributed by atoms with Crippen molar-refractivity contribution in [3.05, 3.63) is 75.0 Å². The molecule has 0 radical (unpaired) electrons. The fraction of sp³-hybridized carbons (Fsp3) is 0.370. The van der Waals surface area contributed by atoms with Crippen molar-refractivity contribution in [2.75, 3.05) is 5.32 Å². The minimum Gasteiger partial charge on any atom is -0.481 e. The summed E-state index contributed by atoms with van der Waals surface area (Å²) in [4.78, 5) is 28.7. The van der Waals surface area contributed by atoms with Gasteiger partial charge in [0.25, 0.3) is 0 Å². The Labute approximate surface area is 238 Å². The van der Waals surface area contributed by atoms with Crippen LogP contribution in [0.15, 0.2) is 36.4 Å². The fourth-order valence-corrected chi connectivity index (χ4v) is 5.66. The van der Waals surface area contributed by atoms with Gasteiger partial charge in [-0.3, -0.25) is 20.0 Å². The molecule has 4 atom stereocenters. The van der Waals surface area contributed by atoms with E-state index in [4.69, 9.17) is 28.3 Å². The standard InChI is InChI=1S/C27H26Cl2F2N6O3/c1-26(2,3)11-18-27(12-32,15-8-7-13(28)9-17(15)30)21(14-5-4-6-16(29)22(14)31)23(33-18)24(40)35-25-34-19(36-37-25)10-20(38)39/h4-9,18,21,23,33H,10-11H2,1-3H3,(H,38,39)(H2,34,35,36,37,40). The number of rotatable bonds is 7. The molecule has 0 spiro atoms. The van der Waals surface area contributed by atoms with Crippen LogP contribution in [0.5, 0.6) is 0 Å². The fourth-order valence-electron chi connectivity index (χ4n) is 5.32. The van der Waals surface area contributed by atoms with Crippen LogP contribution in [0.1, 0.15) is 50.1 Å². The highest BCUT2D eigenvalue weighted by atomic mass is 35.5. The lowest BCUT2D eigenvalue weighted by Crippen LogP contribution is -2.45. The summed E-state index contributed by atoms with van der Waals surface area (Å²) >= 11 is 12.2. The van der Waals surface area contributed by atoms with E-state index in [1.807, 2.05) is 20.8 Å². The number of nitrogens with one attached hydrogen (secondary N) is 3. The normalized spacial score (nSPS) is 22.6. The van der Waals surface area contributed by atoms with Crippen LogP contribution in [0, 0.1) is 28.4 Å². The molecule has 4 rings (SSSR count). The third kappa shape index (κ3) is 5.66. The maximum Gasteiger partial charge on any atom is 0.311 e. The van der Waals surface area contributed by atoms with Crippen LogP contribution in [-0.2, 0) is 21.4 Å². The highest BCUT2D eigenvalue weighted by Gasteiger charge is 2.61. The first-order chi connectivity index (χ1) is 18.8. The number of carbonyl (C=O) groups is 2. The van der Waals surface area contributed by atoms with Gasteiger partial charge in [-0.2, -0.15) is 10.2 Å². The second-order valence-electron chi connectivity index (χ2n) is 10.9. The molecule has 1 aliphatic heterocycles. The number of H-pyrrole nitrogens is 1. The van der Waals surface area contributed by atoms with Crippen molar-refractivity contribution < 1.29 is 23.5 Å². The number of anilines is 1. The molecule has 1 fully saturated rings. The van der Waals surface area contributed by atoms with Gasteiger partial charge in [0.15, 0.2) is 0 Å². The second kappa shape index (κ2) is 11.1. The Bertz CT molecular complexity index is 1500. The quantitative estimate of drug-likeness (QED) is 0.304. The van der Waals surface area contributed by atoms with E-state index in [1.54, 1.807) is 0 Å². The molecule has 2 heterocycles. The Hall–Kier alpha value is -3.59. The van der Waals surface area contributed by atoms with Gasteiger partial charge in [0.1, 0.15) is 29.3 Å². The number of halogens is 4. The zero-order valence-corrected chi connectivity index (χ0v) is 23.2. The van der Waals surface area contributed by atoms with E-state index in [0.29, 0.717) is 6.42 Å². The number of aromatic nitrogens is 3. The van der Waals surface area contributed by atoms with Gasteiger partial charge in [-0.15, -0.1) is 5.10 Å². The molecule has 13 heteroatoms. The highest BCUT2D eigenvalue weighted by molar-refractivity contribution is 6.31. The van der Waals surface area contributed by atoms with Crippen molar-refractivity contribution in [1.82, 2.24) is 20.5 Å². The SMILES string of the molecule is CC(C)(C)CC1NC(C(=O)Nc2n[nH]c(CC(=O)O)n2)C(c2cccc(Cl)c2F)C1(C#N)c1ccc(Cl)cc1F. The molecule has 1 aromatic heterocycles. The Morgan fingerprint density at radius 3 is 2.58 bits per heavy atom. The number of aromatic amines is 1. The van der Waals surface area contributed by atoms with Gasteiger partial charge in [0.2, 0.25) is 11.9 Å². The monoisotopic (exact) mass is 590 g/mol. The molecular weight excluding hydrogens is 565 g/mol. The lowest BCUT2D eigenvalue weighted by atomic mass is 9.62. The number of hydrogen-bond donors (Lipinski definition) is 4. The second-order valence-corrected chi connectivity index (χ2v) is 11.7. The summed E-state index contributed by atoms with van der Waals surface area (Å²) in [5.74, 6) is -5.01. The Balaban J connectivity index is 1.91. The summed E-state index contributed by atoms with van der Waals surface area (Å²) in [6, 6.07) is 8.25. The van der Waals surface area contributed by atoms with Gasteiger partial charge in [-0.25, -0.2) is 8.78 Å². The molecule has 9 nitrogen and oxygen atoms in total. The lowest BCUT2D eigenvalue weighted by molar-refractivity contribution is -0.136. The van der Waals surface area contributed by atoms with Crippen LogP contribution in [0.4, 0.5) is 14.7 Å². The Kier molecular flexibility index (Phi) is 8.17. The molecule has 210 valence electrons. The average Bonchev–Trinajstić information content (AvgIpc) is 3.41. The van der Waals surface area contributed by atoms with Crippen LogP contribution in [0.2, 0.25) is 10.0 Å². The Morgan fingerprint density at radius 1 is 1.23 bits per heavy atom. The number of amides is 1. The van der Waals surface area contributed by atoms with E-state index in [2.05, 4.69) is 31.9 Å². The number of hydrogen-bond acceptors (Lipinski definition) is 6. The van der Waals surface area contributed by atoms with E-state index >= 15 is 8.78 Å². The van der Waals surface area contributed by atoms with Crippen molar-refractivity contribution in [2.45, 2.75) is 57.0 Å². The number of aliphatic carboxylic acids is 1. The van der Waals surface area contributed by atoms with Crippen LogP contribution in [0.3, 0.4) is 0 Å². The van der Waals surface area contributed by atoms with Crippen LogP contribution in [0.25, 0.3) is 0 Å². The van der Waals surface area contributed by atoms with E-state index < -0.39 is 58.8 Å². The summed E-state index contributed by atoms with van der Waals surface area (Å²) in [5.41, 5.74) is -2.30. The molecule has 0 saturated carbocycles. The topological polar surface area (TPSA) is 144 Å². The summed E-state index contributed by atoms with van der Waals surface area (Å²) in [6.07, 6.45) is -0.156. The largest absolute Gasteiger partial charge is 0.481 e. The van der Waals surface area contributed by atoms with Gasteiger partial charge in [-0.05, 0) is 35.6 Å². The van der Waals surface area contributed by atoms with Crippen LogP contribution in [-0.4, -0.2) is 44.2 Å². The number of carboxylic acids is 1. The van der Waals surface area contributed by atoms with Gasteiger partial charge < -0.3 is 10.4 Å². The molecular formula is C27H26Cl2F2N6O3. The maximum atomic E-state index is 15.7. The zero-order chi connectivity index (χ0) is 29.4. The summed E-state index contributed by atoms with van der Waals surface area (Å²) in [7, 11) is 0. The molecule has 4 N–H and O–H groups in total. The van der Waals surface area contributed by atoms with E-state index in [0.717, 1.165) is 6.07 Å². The maximum absolute atomic E-state index is 15.7. The highest BCUT2D eigenvalue weighted by Crippen LogP contribution is 2.52. The first-order valence-electron chi connectivity index (χ1n) is 12.3. The van der Waals surface area contributed by atoms with Crippen molar-refractivity contribution in [2.24, 2.45) is 5.41 Å². The minimum absolute atomic E-state index is 0.000155. The van der Waals surface area contributed by atoms with Crippen LogP contribution < -0.4 is 10.6 Å². The molecule has 4 unspecified atom stereocenters. The van der Waals surface area contributed by atoms with E-state index in [9.17, 15) is 14.9 Å². The summed E-state index contributed by atoms with van der Waals surface area (Å²) in [6.45, 7) is 5.78. The number of carboxylic acid groups (broad SMARTS) is 1. The molecule has 1 aliphatic rings. The van der Waals surface area contributed by atoms with E-state index in [-0.39, 0.29) is 32.9 Å². The summed E-state index contributed by atoms with van der Waals surface area (Å²) < 4.78 is 31.3. The molecule has 0 bridgehead atoms. The van der Waals surface area contributed by atoms with Gasteiger partial charge in [0, 0.05) is 22.5 Å². The number of nitrogens with zero attached hydrogens (tertiary/aromatic N) is 3. The van der Waals surface area contributed by atoms with Crippen molar-refractivity contribution in [3.63, 3.8) is 0 Å². The number of benzene rings is 2. The number of nitriles is 1.